The summed E-state index contributed by atoms with van der Waals surface area (Å²) in [6.07, 6.45) is 4.18. The molecule has 3 N–H and O–H groups in total. The zero-order valence-corrected chi connectivity index (χ0v) is 17.2. The van der Waals surface area contributed by atoms with Gasteiger partial charge in [0.1, 0.15) is 0 Å². The van der Waals surface area contributed by atoms with E-state index in [4.69, 9.17) is 0 Å². The van der Waals surface area contributed by atoms with Crippen LogP contribution in [0.15, 0.2) is 24.3 Å². The van der Waals surface area contributed by atoms with Gasteiger partial charge in [0.25, 0.3) is 0 Å². The Kier molecular flexibility index (Phi) is 7.45. The van der Waals surface area contributed by atoms with Crippen molar-refractivity contribution in [2.45, 2.75) is 51.5 Å². The summed E-state index contributed by atoms with van der Waals surface area (Å²) < 4.78 is 0. The van der Waals surface area contributed by atoms with E-state index in [1.165, 1.54) is 5.56 Å². The number of nitrogens with zero attached hydrogens (tertiary/aromatic N) is 1. The van der Waals surface area contributed by atoms with Crippen LogP contribution in [0.5, 0.6) is 0 Å². The minimum Gasteiger partial charge on any atom is -0.354 e. The Labute approximate surface area is 168 Å². The third-order valence-electron chi connectivity index (χ3n) is 5.75. The minimum atomic E-state index is -0.0212. The molecular formula is C22H34N4O2. The molecule has 1 aromatic rings. The number of hydrogen-bond acceptors (Lipinski definition) is 4. The van der Waals surface area contributed by atoms with Crippen LogP contribution in [0, 0.1) is 5.92 Å². The van der Waals surface area contributed by atoms with Crippen LogP contribution in [0.25, 0.3) is 0 Å². The number of hydrogen-bond donors (Lipinski definition) is 3. The highest BCUT2D eigenvalue weighted by Crippen LogP contribution is 2.19. The van der Waals surface area contributed by atoms with Crippen LogP contribution in [-0.2, 0) is 9.59 Å². The maximum Gasteiger partial charge on any atom is 0.238 e. The quantitative estimate of drug-likeness (QED) is 0.672. The van der Waals surface area contributed by atoms with Crippen LogP contribution in [0.2, 0.25) is 0 Å². The summed E-state index contributed by atoms with van der Waals surface area (Å²) in [4.78, 5) is 26.9. The highest BCUT2D eigenvalue weighted by Gasteiger charge is 2.25. The Balaban J connectivity index is 1.43. The second-order valence-electron chi connectivity index (χ2n) is 8.47. The number of rotatable bonds is 7. The monoisotopic (exact) mass is 386 g/mol. The number of anilines is 1. The van der Waals surface area contributed by atoms with E-state index in [2.05, 4.69) is 40.8 Å². The molecule has 0 saturated carbocycles. The van der Waals surface area contributed by atoms with Crippen LogP contribution in [-0.4, -0.2) is 55.5 Å². The van der Waals surface area contributed by atoms with Crippen molar-refractivity contribution >= 4 is 17.5 Å². The summed E-state index contributed by atoms with van der Waals surface area (Å²) in [6, 6.07) is 8.05. The molecule has 2 fully saturated rings. The Morgan fingerprint density at radius 3 is 2.86 bits per heavy atom. The van der Waals surface area contributed by atoms with E-state index in [1.54, 1.807) is 0 Å². The molecule has 2 heterocycles. The second-order valence-corrected chi connectivity index (χ2v) is 8.47. The molecule has 28 heavy (non-hydrogen) atoms. The smallest absolute Gasteiger partial charge is 0.238 e. The lowest BCUT2D eigenvalue weighted by molar-refractivity contribution is -0.123. The van der Waals surface area contributed by atoms with Gasteiger partial charge in [0, 0.05) is 18.8 Å². The van der Waals surface area contributed by atoms with Gasteiger partial charge in [0.15, 0.2) is 0 Å². The van der Waals surface area contributed by atoms with Crippen LogP contribution >= 0.6 is 0 Å². The molecule has 154 valence electrons. The first kappa shape index (κ1) is 20.8. The van der Waals surface area contributed by atoms with Crippen LogP contribution in [0.4, 0.5) is 5.69 Å². The van der Waals surface area contributed by atoms with E-state index in [-0.39, 0.29) is 17.9 Å². The molecule has 3 rings (SSSR count). The van der Waals surface area contributed by atoms with Gasteiger partial charge in [-0.05, 0) is 68.3 Å². The van der Waals surface area contributed by atoms with Crippen molar-refractivity contribution in [2.24, 2.45) is 5.92 Å². The van der Waals surface area contributed by atoms with E-state index in [0.717, 1.165) is 51.0 Å². The van der Waals surface area contributed by atoms with E-state index in [9.17, 15) is 9.59 Å². The van der Waals surface area contributed by atoms with Crippen molar-refractivity contribution in [2.75, 3.05) is 38.0 Å². The number of benzene rings is 1. The van der Waals surface area contributed by atoms with Crippen molar-refractivity contribution in [3.63, 3.8) is 0 Å². The molecular weight excluding hydrogens is 352 g/mol. The minimum absolute atomic E-state index is 0.0212. The van der Waals surface area contributed by atoms with Crippen LogP contribution in [0.3, 0.4) is 0 Å². The molecule has 0 spiro atoms. The lowest BCUT2D eigenvalue weighted by Crippen LogP contribution is -2.46. The number of carbonyl (C=O) groups excluding carboxylic acids is 2. The molecule has 2 aliphatic rings. The van der Waals surface area contributed by atoms with Gasteiger partial charge in [0.05, 0.1) is 12.6 Å². The van der Waals surface area contributed by atoms with Gasteiger partial charge in [-0.3, -0.25) is 14.5 Å². The molecule has 0 aliphatic carbocycles. The van der Waals surface area contributed by atoms with Gasteiger partial charge < -0.3 is 16.0 Å². The maximum atomic E-state index is 12.5. The number of amides is 2. The van der Waals surface area contributed by atoms with E-state index < -0.39 is 0 Å². The van der Waals surface area contributed by atoms with Crippen molar-refractivity contribution in [3.05, 3.63) is 29.8 Å². The number of piperidine rings is 1. The molecule has 0 radical (unpaired) electrons. The van der Waals surface area contributed by atoms with Gasteiger partial charge in [-0.15, -0.1) is 0 Å². The summed E-state index contributed by atoms with van der Waals surface area (Å²) in [7, 11) is 0. The van der Waals surface area contributed by atoms with E-state index >= 15 is 0 Å². The van der Waals surface area contributed by atoms with Crippen molar-refractivity contribution in [3.8, 4) is 0 Å². The largest absolute Gasteiger partial charge is 0.354 e. The van der Waals surface area contributed by atoms with Gasteiger partial charge in [-0.1, -0.05) is 26.0 Å². The number of likely N-dealkylation sites (tertiary alicyclic amines) is 1. The molecule has 6 nitrogen and oxygen atoms in total. The molecule has 0 aromatic heterocycles. The molecule has 2 unspecified atom stereocenters. The van der Waals surface area contributed by atoms with Crippen LogP contribution < -0.4 is 16.0 Å². The fraction of sp³-hybridized carbons (Fsp3) is 0.636. The van der Waals surface area contributed by atoms with Gasteiger partial charge in [0.2, 0.25) is 11.8 Å². The molecule has 6 heteroatoms. The van der Waals surface area contributed by atoms with Gasteiger partial charge in [-0.2, -0.15) is 0 Å². The SMILES string of the molecule is CC(C)c1cccc(NC(=O)CN2CCCC(CNC(=O)C3CCCN3)C2)c1. The molecule has 0 bridgehead atoms. The molecule has 2 atom stereocenters. The highest BCUT2D eigenvalue weighted by atomic mass is 16.2. The topological polar surface area (TPSA) is 73.5 Å². The summed E-state index contributed by atoms with van der Waals surface area (Å²) >= 11 is 0. The van der Waals surface area contributed by atoms with Gasteiger partial charge >= 0.3 is 0 Å². The molecule has 2 aliphatic heterocycles. The highest BCUT2D eigenvalue weighted by molar-refractivity contribution is 5.92. The predicted molar refractivity (Wildman–Crippen MR) is 112 cm³/mol. The lowest BCUT2D eigenvalue weighted by atomic mass is 9.97. The summed E-state index contributed by atoms with van der Waals surface area (Å²) in [5, 5.41) is 9.36. The number of nitrogens with one attached hydrogen (secondary N) is 3. The summed E-state index contributed by atoms with van der Waals surface area (Å²) in [5.41, 5.74) is 2.09. The standard InChI is InChI=1S/C22H34N4O2/c1-16(2)18-7-3-8-19(12-18)25-21(27)15-26-11-5-6-17(14-26)13-24-22(28)20-9-4-10-23-20/h3,7-8,12,16-17,20,23H,4-6,9-11,13-15H2,1-2H3,(H,24,28)(H,25,27). The molecule has 2 amide bonds. The first-order chi connectivity index (χ1) is 13.5. The Morgan fingerprint density at radius 2 is 2.11 bits per heavy atom. The summed E-state index contributed by atoms with van der Waals surface area (Å²) in [6.45, 7) is 8.13. The molecule has 1 aromatic carbocycles. The summed E-state index contributed by atoms with van der Waals surface area (Å²) in [5.74, 6) is 1.00. The average molecular weight is 387 g/mol. The second kappa shape index (κ2) is 10.0. The first-order valence-electron chi connectivity index (χ1n) is 10.6. The van der Waals surface area contributed by atoms with Crippen molar-refractivity contribution in [1.82, 2.24) is 15.5 Å². The van der Waals surface area contributed by atoms with Crippen molar-refractivity contribution < 1.29 is 9.59 Å². The Morgan fingerprint density at radius 1 is 1.25 bits per heavy atom. The Hall–Kier alpha value is -1.92. The maximum absolute atomic E-state index is 12.5. The average Bonchev–Trinajstić information content (AvgIpc) is 3.21. The zero-order chi connectivity index (χ0) is 19.9. The Bertz CT molecular complexity index is 670. The predicted octanol–water partition coefficient (Wildman–Crippen LogP) is 2.33. The fourth-order valence-corrected chi connectivity index (χ4v) is 4.12. The van der Waals surface area contributed by atoms with Crippen molar-refractivity contribution in [1.29, 1.82) is 0 Å². The van der Waals surface area contributed by atoms with Gasteiger partial charge in [-0.25, -0.2) is 0 Å². The molecule has 2 saturated heterocycles. The fourth-order valence-electron chi connectivity index (χ4n) is 4.12. The third kappa shape index (κ3) is 6.04. The normalized spacial score (nSPS) is 23.0. The third-order valence-corrected chi connectivity index (χ3v) is 5.75. The van der Waals surface area contributed by atoms with Crippen LogP contribution in [0.1, 0.15) is 51.0 Å². The number of carbonyl (C=O) groups is 2. The van der Waals surface area contributed by atoms with E-state index in [0.29, 0.717) is 24.9 Å². The lowest BCUT2D eigenvalue weighted by Gasteiger charge is -2.32. The first-order valence-corrected chi connectivity index (χ1v) is 10.6. The van der Waals surface area contributed by atoms with E-state index in [1.807, 2.05) is 18.2 Å². The zero-order valence-electron chi connectivity index (χ0n) is 17.2.